The molecule has 4 aliphatic carbocycles. The molecule has 0 amide bonds. The summed E-state index contributed by atoms with van der Waals surface area (Å²) in [5, 5.41) is 0. The highest BCUT2D eigenvalue weighted by molar-refractivity contribution is 5.69. The summed E-state index contributed by atoms with van der Waals surface area (Å²) >= 11 is 0. The van der Waals surface area contributed by atoms with Crippen LogP contribution in [0.5, 0.6) is 0 Å². The van der Waals surface area contributed by atoms with Crippen LogP contribution in [0.15, 0.2) is 0 Å². The van der Waals surface area contributed by atoms with Crippen LogP contribution < -0.4 is 0 Å². The van der Waals surface area contributed by atoms with Gasteiger partial charge < -0.3 is 9.47 Å². The molecule has 0 bridgehead atoms. The van der Waals surface area contributed by atoms with Crippen molar-refractivity contribution in [3.05, 3.63) is 0 Å². The third-order valence-electron chi connectivity index (χ3n) is 10.7. The van der Waals surface area contributed by atoms with E-state index in [4.69, 9.17) is 9.47 Å². The maximum Gasteiger partial charge on any atom is 0.305 e. The van der Waals surface area contributed by atoms with Crippen LogP contribution in [-0.4, -0.2) is 25.2 Å². The summed E-state index contributed by atoms with van der Waals surface area (Å²) in [5.41, 5.74) is 0.725. The average Bonchev–Trinajstić information content (AvgIpc) is 3.08. The van der Waals surface area contributed by atoms with E-state index in [2.05, 4.69) is 20.8 Å². The number of carbonyl (C=O) groups excluding carboxylic acids is 2. The Morgan fingerprint density at radius 1 is 1.00 bits per heavy atom. The molecule has 0 aromatic rings. The monoisotopic (exact) mass is 432 g/mol. The molecular weight excluding hydrogens is 388 g/mol. The Labute approximate surface area is 189 Å². The highest BCUT2D eigenvalue weighted by Crippen LogP contribution is 2.68. The zero-order valence-corrected chi connectivity index (χ0v) is 20.5. The summed E-state index contributed by atoms with van der Waals surface area (Å²) in [6, 6.07) is 0. The van der Waals surface area contributed by atoms with E-state index in [1.165, 1.54) is 58.5 Å². The second-order valence-electron chi connectivity index (χ2n) is 11.9. The van der Waals surface area contributed by atoms with E-state index >= 15 is 0 Å². The van der Waals surface area contributed by atoms with Gasteiger partial charge in [-0.25, -0.2) is 0 Å². The summed E-state index contributed by atoms with van der Waals surface area (Å²) in [4.78, 5) is 23.8. The molecule has 0 radical (unpaired) electrons. The Morgan fingerprint density at radius 3 is 2.45 bits per heavy atom. The minimum Gasteiger partial charge on any atom is -0.469 e. The van der Waals surface area contributed by atoms with Gasteiger partial charge >= 0.3 is 11.9 Å². The molecule has 4 saturated carbocycles. The van der Waals surface area contributed by atoms with Crippen LogP contribution in [0.4, 0.5) is 0 Å². The summed E-state index contributed by atoms with van der Waals surface area (Å²) in [7, 11) is 1.48. The molecule has 31 heavy (non-hydrogen) atoms. The molecule has 4 nitrogen and oxygen atoms in total. The van der Waals surface area contributed by atoms with Gasteiger partial charge in [-0.3, -0.25) is 9.59 Å². The molecule has 0 saturated heterocycles. The Kier molecular flexibility index (Phi) is 6.49. The van der Waals surface area contributed by atoms with Crippen molar-refractivity contribution in [2.75, 3.05) is 7.11 Å². The lowest BCUT2D eigenvalue weighted by molar-refractivity contribution is -0.189. The van der Waals surface area contributed by atoms with Crippen molar-refractivity contribution in [2.45, 2.75) is 104 Å². The fourth-order valence-electron chi connectivity index (χ4n) is 9.19. The lowest BCUT2D eigenvalue weighted by atomic mass is 9.44. The predicted molar refractivity (Wildman–Crippen MR) is 121 cm³/mol. The van der Waals surface area contributed by atoms with Gasteiger partial charge in [0, 0.05) is 19.3 Å². The molecule has 0 unspecified atom stereocenters. The Bertz CT molecular complexity index is 689. The van der Waals surface area contributed by atoms with Crippen molar-refractivity contribution in [3.63, 3.8) is 0 Å². The molecule has 9 atom stereocenters. The molecule has 0 aliphatic heterocycles. The van der Waals surface area contributed by atoms with Gasteiger partial charge in [0.1, 0.15) is 6.10 Å². The van der Waals surface area contributed by atoms with Crippen molar-refractivity contribution in [1.82, 2.24) is 0 Å². The first kappa shape index (κ1) is 23.1. The molecule has 0 N–H and O–H groups in total. The fraction of sp³-hybridized carbons (Fsp3) is 0.926. The molecule has 0 heterocycles. The number of hydrogen-bond donors (Lipinski definition) is 0. The molecule has 0 aromatic heterocycles. The summed E-state index contributed by atoms with van der Waals surface area (Å²) in [6.45, 7) is 9.04. The topological polar surface area (TPSA) is 52.6 Å². The maximum absolute atomic E-state index is 12.1. The van der Waals surface area contributed by atoms with Crippen LogP contribution in [0.2, 0.25) is 0 Å². The zero-order valence-electron chi connectivity index (χ0n) is 20.5. The van der Waals surface area contributed by atoms with Crippen molar-refractivity contribution < 1.29 is 19.1 Å². The number of rotatable bonds is 5. The predicted octanol–water partition coefficient (Wildman–Crippen LogP) is 6.17. The first-order chi connectivity index (χ1) is 14.7. The van der Waals surface area contributed by atoms with Gasteiger partial charge in [-0.2, -0.15) is 0 Å². The van der Waals surface area contributed by atoms with Gasteiger partial charge in [-0.15, -0.1) is 0 Å². The zero-order chi connectivity index (χ0) is 22.4. The fourth-order valence-corrected chi connectivity index (χ4v) is 9.19. The van der Waals surface area contributed by atoms with E-state index in [0.29, 0.717) is 52.8 Å². The molecule has 4 aliphatic rings. The highest BCUT2D eigenvalue weighted by atomic mass is 16.5. The average molecular weight is 433 g/mol. The van der Waals surface area contributed by atoms with Crippen LogP contribution >= 0.6 is 0 Å². The lowest BCUT2D eigenvalue weighted by Gasteiger charge is -2.62. The number of ether oxygens (including phenoxy) is 2. The first-order valence-corrected chi connectivity index (χ1v) is 12.9. The number of hydrogen-bond acceptors (Lipinski definition) is 4. The quantitative estimate of drug-likeness (QED) is 0.488. The maximum atomic E-state index is 12.1. The largest absolute Gasteiger partial charge is 0.469 e. The van der Waals surface area contributed by atoms with Gasteiger partial charge in [0.25, 0.3) is 0 Å². The Balaban J connectivity index is 1.59. The van der Waals surface area contributed by atoms with E-state index in [9.17, 15) is 9.59 Å². The van der Waals surface area contributed by atoms with Crippen LogP contribution in [0.1, 0.15) is 98.3 Å². The first-order valence-electron chi connectivity index (χ1n) is 12.9. The SMILES string of the molecule is COC(=O)CC[C@@H](C)[C@H]1CC[C@H]2[C@@H]3[C@H](OC(C)=O)C[C@@H]4CCCC[C@]4(C)[C@H]3CC[C@]12C. The smallest absolute Gasteiger partial charge is 0.305 e. The second-order valence-corrected chi connectivity index (χ2v) is 11.9. The Morgan fingerprint density at radius 2 is 1.74 bits per heavy atom. The van der Waals surface area contributed by atoms with Crippen LogP contribution in [-0.2, 0) is 19.1 Å². The van der Waals surface area contributed by atoms with E-state index in [1.807, 2.05) is 0 Å². The normalized spacial score (nSPS) is 45.1. The van der Waals surface area contributed by atoms with Crippen molar-refractivity contribution >= 4 is 11.9 Å². The molecular formula is C27H44O4. The van der Waals surface area contributed by atoms with Crippen LogP contribution in [0.3, 0.4) is 0 Å². The number of fused-ring (bicyclic) bond motifs is 5. The summed E-state index contributed by atoms with van der Waals surface area (Å²) in [6.07, 6.45) is 13.1. The van der Waals surface area contributed by atoms with Crippen molar-refractivity contribution in [1.29, 1.82) is 0 Å². The number of esters is 2. The Hall–Kier alpha value is -1.06. The highest BCUT2D eigenvalue weighted by Gasteiger charge is 2.63. The molecule has 4 heteroatoms. The molecule has 0 aromatic carbocycles. The van der Waals surface area contributed by atoms with Crippen LogP contribution in [0.25, 0.3) is 0 Å². The number of methoxy groups -OCH3 is 1. The van der Waals surface area contributed by atoms with Gasteiger partial charge in [0.2, 0.25) is 0 Å². The van der Waals surface area contributed by atoms with Gasteiger partial charge in [0.15, 0.2) is 0 Å². The minimum absolute atomic E-state index is 0.0891. The van der Waals surface area contributed by atoms with Crippen molar-refractivity contribution in [2.24, 2.45) is 46.3 Å². The van der Waals surface area contributed by atoms with Crippen molar-refractivity contribution in [3.8, 4) is 0 Å². The van der Waals surface area contributed by atoms with Gasteiger partial charge in [-0.1, -0.05) is 33.6 Å². The van der Waals surface area contributed by atoms with Gasteiger partial charge in [0.05, 0.1) is 7.11 Å². The van der Waals surface area contributed by atoms with Gasteiger partial charge in [-0.05, 0) is 91.8 Å². The standard InChI is InChI=1S/C27H44O4/c1-17(9-12-24(29)30-5)20-10-11-21-25-22(13-15-27(20,21)4)26(3)14-7-6-8-19(26)16-23(25)31-18(2)28/h17,19-23,25H,6-16H2,1-5H3/t17-,19+,20-,21+,22+,23-,25+,26+,27-/m1/s1. The van der Waals surface area contributed by atoms with Crippen LogP contribution in [0, 0.1) is 46.3 Å². The number of carbonyl (C=O) groups is 2. The minimum atomic E-state index is -0.101. The summed E-state index contributed by atoms with van der Waals surface area (Å²) < 4.78 is 11.0. The lowest BCUT2D eigenvalue weighted by Crippen LogP contribution is -2.58. The molecule has 4 rings (SSSR count). The molecule has 4 fully saturated rings. The third kappa shape index (κ3) is 3.95. The molecule has 0 spiro atoms. The van der Waals surface area contributed by atoms with E-state index in [1.54, 1.807) is 6.92 Å². The molecule has 176 valence electrons. The summed E-state index contributed by atoms with van der Waals surface area (Å²) in [5.74, 6) is 3.55. The van der Waals surface area contributed by atoms with E-state index < -0.39 is 0 Å². The van der Waals surface area contributed by atoms with E-state index in [0.717, 1.165) is 12.8 Å². The second kappa shape index (κ2) is 8.71. The third-order valence-corrected chi connectivity index (χ3v) is 10.7. The van der Waals surface area contributed by atoms with E-state index in [-0.39, 0.29) is 18.0 Å².